The number of methoxy groups -OCH3 is 2. The Kier molecular flexibility index (Phi) is 6.79. The number of Topliss-reactive ketones (excluding diaryl/α,β-unsaturated/α-hetero) is 1. The molecule has 1 aliphatic heterocycles. The van der Waals surface area contributed by atoms with Crippen LogP contribution in [0.1, 0.15) is 30.3 Å². The second-order valence-corrected chi connectivity index (χ2v) is 7.97. The zero-order chi connectivity index (χ0) is 21.8. The van der Waals surface area contributed by atoms with Gasteiger partial charge in [-0.25, -0.2) is 0 Å². The molecular weight excluding hydrogens is 406 g/mol. The number of carbonyl (C=O) groups excluding carboxylic acids is 2. The summed E-state index contributed by atoms with van der Waals surface area (Å²) in [6, 6.07) is 7.89. The van der Waals surface area contributed by atoms with Crippen molar-refractivity contribution in [2.75, 3.05) is 27.4 Å². The maximum atomic E-state index is 13.0. The predicted molar refractivity (Wildman–Crippen MR) is 114 cm³/mol. The van der Waals surface area contributed by atoms with Gasteiger partial charge < -0.3 is 24.2 Å². The average Bonchev–Trinajstić information content (AvgIpc) is 3.35. The molecule has 1 aromatic carbocycles. The van der Waals surface area contributed by atoms with Crippen molar-refractivity contribution in [2.24, 2.45) is 0 Å². The van der Waals surface area contributed by atoms with Gasteiger partial charge in [-0.2, -0.15) is 0 Å². The molecule has 1 fully saturated rings. The van der Waals surface area contributed by atoms with Crippen LogP contribution in [0.4, 0.5) is 0 Å². The summed E-state index contributed by atoms with van der Waals surface area (Å²) >= 11 is 1.41. The Hall–Kier alpha value is -2.84. The van der Waals surface area contributed by atoms with Gasteiger partial charge in [-0.15, -0.1) is 11.3 Å². The first-order chi connectivity index (χ1) is 14.4. The molecule has 2 heterocycles. The first-order valence-corrected chi connectivity index (χ1v) is 10.4. The summed E-state index contributed by atoms with van der Waals surface area (Å²) in [5.74, 6) is -0.837. The first kappa shape index (κ1) is 21.9. The van der Waals surface area contributed by atoms with Crippen molar-refractivity contribution >= 4 is 28.8 Å². The van der Waals surface area contributed by atoms with E-state index in [1.165, 1.54) is 30.5 Å². The fourth-order valence-electron chi connectivity index (χ4n) is 3.38. The standard InChI is InChI=1S/C22H25NO6S/c1-13(2)29-10-9-23-19(17-6-5-11-30-17)18(21(25)22(23)26)20(24)15-12-14(27-3)7-8-16(15)28-4/h5-8,11-13,19,24H,9-10H2,1-4H3/b20-18-. The summed E-state index contributed by atoms with van der Waals surface area (Å²) in [5.41, 5.74) is 0.313. The zero-order valence-electron chi connectivity index (χ0n) is 17.4. The Labute approximate surface area is 179 Å². The van der Waals surface area contributed by atoms with E-state index in [9.17, 15) is 14.7 Å². The van der Waals surface area contributed by atoms with Gasteiger partial charge in [0.1, 0.15) is 17.3 Å². The minimum atomic E-state index is -0.736. The summed E-state index contributed by atoms with van der Waals surface area (Å²) in [7, 11) is 2.97. The number of aliphatic hydroxyl groups excluding tert-OH is 1. The van der Waals surface area contributed by atoms with Crippen LogP contribution in [0.5, 0.6) is 11.5 Å². The van der Waals surface area contributed by atoms with Crippen molar-refractivity contribution in [1.82, 2.24) is 4.90 Å². The third-order valence-corrected chi connectivity index (χ3v) is 5.72. The van der Waals surface area contributed by atoms with Crippen LogP contribution in [0.3, 0.4) is 0 Å². The van der Waals surface area contributed by atoms with E-state index in [0.29, 0.717) is 11.5 Å². The Morgan fingerprint density at radius 1 is 1.20 bits per heavy atom. The molecule has 1 aliphatic rings. The minimum Gasteiger partial charge on any atom is -0.507 e. The Bertz CT molecular complexity index is 951. The fraction of sp³-hybridized carbons (Fsp3) is 0.364. The van der Waals surface area contributed by atoms with Gasteiger partial charge in [0, 0.05) is 11.4 Å². The molecule has 1 unspecified atom stereocenters. The normalized spacial score (nSPS) is 18.3. The molecule has 1 amide bonds. The van der Waals surface area contributed by atoms with Crippen molar-refractivity contribution in [3.63, 3.8) is 0 Å². The molecule has 1 N–H and O–H groups in total. The lowest BCUT2D eigenvalue weighted by Gasteiger charge is -2.24. The molecule has 0 saturated carbocycles. The van der Waals surface area contributed by atoms with Crippen LogP contribution < -0.4 is 9.47 Å². The summed E-state index contributed by atoms with van der Waals surface area (Å²) in [6.07, 6.45) is 0.00283. The maximum Gasteiger partial charge on any atom is 0.295 e. The molecule has 30 heavy (non-hydrogen) atoms. The second kappa shape index (κ2) is 9.32. The van der Waals surface area contributed by atoms with E-state index in [2.05, 4.69) is 0 Å². The highest BCUT2D eigenvalue weighted by atomic mass is 32.1. The van der Waals surface area contributed by atoms with Crippen LogP contribution in [-0.4, -0.2) is 55.2 Å². The lowest BCUT2D eigenvalue weighted by Crippen LogP contribution is -2.33. The van der Waals surface area contributed by atoms with Gasteiger partial charge in [0.05, 0.1) is 44.1 Å². The lowest BCUT2D eigenvalue weighted by molar-refractivity contribution is -0.140. The van der Waals surface area contributed by atoms with Crippen LogP contribution in [0.15, 0.2) is 41.3 Å². The van der Waals surface area contributed by atoms with Crippen molar-refractivity contribution < 1.29 is 28.9 Å². The van der Waals surface area contributed by atoms with Gasteiger partial charge >= 0.3 is 0 Å². The molecule has 0 bridgehead atoms. The summed E-state index contributed by atoms with van der Waals surface area (Å²) in [6.45, 7) is 4.33. The molecule has 8 heteroatoms. The Morgan fingerprint density at radius 2 is 1.97 bits per heavy atom. The van der Waals surface area contributed by atoms with Crippen LogP contribution in [0.25, 0.3) is 5.76 Å². The van der Waals surface area contributed by atoms with E-state index in [4.69, 9.17) is 14.2 Å². The van der Waals surface area contributed by atoms with Crippen LogP contribution in [0.2, 0.25) is 0 Å². The maximum absolute atomic E-state index is 13.0. The average molecular weight is 432 g/mol. The number of carbonyl (C=O) groups is 2. The van der Waals surface area contributed by atoms with Crippen molar-refractivity contribution in [3.05, 3.63) is 51.7 Å². The van der Waals surface area contributed by atoms with Crippen LogP contribution >= 0.6 is 11.3 Å². The first-order valence-electron chi connectivity index (χ1n) is 9.54. The monoisotopic (exact) mass is 431 g/mol. The largest absolute Gasteiger partial charge is 0.507 e. The second-order valence-electron chi connectivity index (χ2n) is 6.99. The fourth-order valence-corrected chi connectivity index (χ4v) is 4.23. The van der Waals surface area contributed by atoms with Crippen molar-refractivity contribution in [1.29, 1.82) is 0 Å². The quantitative estimate of drug-likeness (QED) is 0.390. The van der Waals surface area contributed by atoms with E-state index in [-0.39, 0.29) is 36.2 Å². The summed E-state index contributed by atoms with van der Waals surface area (Å²) in [4.78, 5) is 28.0. The molecule has 2 aromatic rings. The highest BCUT2D eigenvalue weighted by Crippen LogP contribution is 2.42. The molecule has 7 nitrogen and oxygen atoms in total. The molecular formula is C22H25NO6S. The van der Waals surface area contributed by atoms with Crippen LogP contribution in [-0.2, 0) is 14.3 Å². The third-order valence-electron chi connectivity index (χ3n) is 4.80. The molecule has 160 valence electrons. The molecule has 0 radical (unpaired) electrons. The lowest BCUT2D eigenvalue weighted by atomic mass is 9.99. The number of ketones is 1. The van der Waals surface area contributed by atoms with Crippen LogP contribution in [0, 0.1) is 0 Å². The Balaban J connectivity index is 2.11. The van der Waals surface area contributed by atoms with Crippen molar-refractivity contribution in [3.8, 4) is 11.5 Å². The molecule has 3 rings (SSSR count). The van der Waals surface area contributed by atoms with Gasteiger partial charge in [0.25, 0.3) is 11.7 Å². The highest BCUT2D eigenvalue weighted by molar-refractivity contribution is 7.10. The van der Waals surface area contributed by atoms with Crippen molar-refractivity contribution in [2.45, 2.75) is 26.0 Å². The molecule has 0 spiro atoms. The zero-order valence-corrected chi connectivity index (χ0v) is 18.2. The number of benzene rings is 1. The van der Waals surface area contributed by atoms with E-state index >= 15 is 0 Å². The van der Waals surface area contributed by atoms with E-state index in [0.717, 1.165) is 4.88 Å². The van der Waals surface area contributed by atoms with Gasteiger partial charge in [0.15, 0.2) is 0 Å². The van der Waals surface area contributed by atoms with E-state index in [1.54, 1.807) is 18.2 Å². The number of ether oxygens (including phenoxy) is 3. The summed E-state index contributed by atoms with van der Waals surface area (Å²) < 4.78 is 16.2. The SMILES string of the molecule is COc1ccc(OC)c(/C(O)=C2/C(=O)C(=O)N(CCOC(C)C)C2c2cccs2)c1. The molecule has 1 aromatic heterocycles. The van der Waals surface area contributed by atoms with Gasteiger partial charge in [-0.1, -0.05) is 6.07 Å². The number of likely N-dealkylation sites (tertiary alicyclic amines) is 1. The predicted octanol–water partition coefficient (Wildman–Crippen LogP) is 3.61. The number of thiophene rings is 1. The Morgan fingerprint density at radius 3 is 2.57 bits per heavy atom. The number of rotatable bonds is 8. The number of nitrogens with zero attached hydrogens (tertiary/aromatic N) is 1. The number of hydrogen-bond acceptors (Lipinski definition) is 7. The number of aliphatic hydroxyl groups is 1. The van der Waals surface area contributed by atoms with Gasteiger partial charge in [-0.05, 0) is 43.5 Å². The van der Waals surface area contributed by atoms with Gasteiger partial charge in [-0.3, -0.25) is 9.59 Å². The topological polar surface area (TPSA) is 85.3 Å². The van der Waals surface area contributed by atoms with E-state index < -0.39 is 17.7 Å². The number of hydrogen-bond donors (Lipinski definition) is 1. The smallest absolute Gasteiger partial charge is 0.295 e. The van der Waals surface area contributed by atoms with Gasteiger partial charge in [0.2, 0.25) is 0 Å². The molecule has 0 aliphatic carbocycles. The molecule has 1 atom stereocenters. The third kappa shape index (κ3) is 4.20. The summed E-state index contributed by atoms with van der Waals surface area (Å²) in [5, 5.41) is 13.0. The van der Waals surface area contributed by atoms with E-state index in [1.807, 2.05) is 31.4 Å². The number of amides is 1. The highest BCUT2D eigenvalue weighted by Gasteiger charge is 2.46. The minimum absolute atomic E-state index is 0.00283. The molecule has 1 saturated heterocycles.